The van der Waals surface area contributed by atoms with Crippen molar-refractivity contribution in [3.63, 3.8) is 0 Å². The second-order valence-corrected chi connectivity index (χ2v) is 10.7. The van der Waals surface area contributed by atoms with Crippen LogP contribution in [0.3, 0.4) is 0 Å². The number of nitrogens with zero attached hydrogens (tertiary/aromatic N) is 3. The van der Waals surface area contributed by atoms with E-state index in [4.69, 9.17) is 5.26 Å². The number of benzene rings is 2. The fraction of sp³-hybridized carbons (Fsp3) is 0.0952. The van der Waals surface area contributed by atoms with E-state index in [0.717, 1.165) is 10.6 Å². The van der Waals surface area contributed by atoms with Crippen molar-refractivity contribution < 1.29 is 21.6 Å². The largest absolute Gasteiger partial charge is 0.307 e. The number of sulfonamides is 1. The van der Waals surface area contributed by atoms with Gasteiger partial charge in [0.25, 0.3) is 15.9 Å². The van der Waals surface area contributed by atoms with Gasteiger partial charge in [0, 0.05) is 25.1 Å². The molecule has 0 bridgehead atoms. The number of nitriles is 1. The molecule has 3 rings (SSSR count). The van der Waals surface area contributed by atoms with Crippen molar-refractivity contribution in [2.24, 2.45) is 0 Å². The van der Waals surface area contributed by atoms with E-state index < -0.39 is 25.8 Å². The van der Waals surface area contributed by atoms with Crippen LogP contribution in [0.15, 0.2) is 76.7 Å². The number of hydrogen-bond acceptors (Lipinski definition) is 7. The maximum absolute atomic E-state index is 13.1. The van der Waals surface area contributed by atoms with E-state index in [-0.39, 0.29) is 26.9 Å². The lowest BCUT2D eigenvalue weighted by atomic mass is 10.2. The van der Waals surface area contributed by atoms with Crippen LogP contribution in [0.2, 0.25) is 0 Å². The van der Waals surface area contributed by atoms with Crippen LogP contribution in [-0.2, 0) is 19.9 Å². The Bertz CT molecular complexity index is 1410. The maximum atomic E-state index is 13.1. The fourth-order valence-electron chi connectivity index (χ4n) is 2.72. The predicted molar refractivity (Wildman–Crippen MR) is 118 cm³/mol. The Morgan fingerprint density at radius 1 is 1.00 bits per heavy atom. The second kappa shape index (κ2) is 8.78. The molecule has 0 aliphatic carbocycles. The van der Waals surface area contributed by atoms with Crippen molar-refractivity contribution in [3.8, 4) is 6.07 Å². The molecule has 0 aliphatic heterocycles. The first-order chi connectivity index (χ1) is 15.0. The molecule has 0 radical (unpaired) electrons. The highest BCUT2D eigenvalue weighted by Gasteiger charge is 2.23. The zero-order valence-corrected chi connectivity index (χ0v) is 18.7. The van der Waals surface area contributed by atoms with Gasteiger partial charge in [-0.1, -0.05) is 6.07 Å². The van der Waals surface area contributed by atoms with E-state index in [1.807, 2.05) is 6.07 Å². The van der Waals surface area contributed by atoms with E-state index in [1.165, 1.54) is 73.9 Å². The summed E-state index contributed by atoms with van der Waals surface area (Å²) in [5.74, 6) is -0.357. The van der Waals surface area contributed by atoms with Crippen molar-refractivity contribution in [2.75, 3.05) is 22.9 Å². The molecule has 1 heterocycles. The van der Waals surface area contributed by atoms with Gasteiger partial charge in [0.1, 0.15) is 11.9 Å². The summed E-state index contributed by atoms with van der Waals surface area (Å²) in [5, 5.41) is 11.4. The van der Waals surface area contributed by atoms with E-state index in [1.54, 1.807) is 0 Å². The van der Waals surface area contributed by atoms with Gasteiger partial charge in [0.15, 0.2) is 9.84 Å². The Hall–Kier alpha value is -3.75. The summed E-state index contributed by atoms with van der Waals surface area (Å²) in [5.41, 5.74) is 0.691. The topological polar surface area (TPSA) is 137 Å². The summed E-state index contributed by atoms with van der Waals surface area (Å²) < 4.78 is 50.3. The number of rotatable bonds is 6. The third-order valence-corrected chi connectivity index (χ3v) is 7.43. The molecule has 0 saturated heterocycles. The minimum atomic E-state index is -4.03. The third-order valence-electron chi connectivity index (χ3n) is 4.52. The molecule has 0 atom stereocenters. The average Bonchev–Trinajstić information content (AvgIpc) is 2.78. The van der Waals surface area contributed by atoms with E-state index >= 15 is 0 Å². The number of anilines is 2. The summed E-state index contributed by atoms with van der Waals surface area (Å²) in [6.45, 7) is 0. The Kier molecular flexibility index (Phi) is 6.29. The van der Waals surface area contributed by atoms with Crippen LogP contribution in [-0.4, -0.2) is 41.0 Å². The Morgan fingerprint density at radius 3 is 2.25 bits per heavy atom. The van der Waals surface area contributed by atoms with Gasteiger partial charge in [0.2, 0.25) is 0 Å². The molecule has 164 valence electrons. The number of sulfone groups is 1. The van der Waals surface area contributed by atoms with Crippen molar-refractivity contribution >= 4 is 37.3 Å². The van der Waals surface area contributed by atoms with Gasteiger partial charge in [-0.2, -0.15) is 5.26 Å². The molecule has 1 amide bonds. The van der Waals surface area contributed by atoms with Gasteiger partial charge in [-0.3, -0.25) is 9.10 Å². The van der Waals surface area contributed by atoms with E-state index in [9.17, 15) is 21.6 Å². The van der Waals surface area contributed by atoms with Crippen molar-refractivity contribution in [1.29, 1.82) is 5.26 Å². The highest BCUT2D eigenvalue weighted by atomic mass is 32.2. The van der Waals surface area contributed by atoms with Gasteiger partial charge in [-0.15, -0.1) is 0 Å². The molecule has 0 saturated carbocycles. The molecule has 0 aliphatic rings. The first kappa shape index (κ1) is 22.9. The van der Waals surface area contributed by atoms with Crippen molar-refractivity contribution in [1.82, 2.24) is 4.98 Å². The molecular weight excluding hydrogens is 452 g/mol. The van der Waals surface area contributed by atoms with Crippen molar-refractivity contribution in [2.45, 2.75) is 9.79 Å². The van der Waals surface area contributed by atoms with E-state index in [0.29, 0.717) is 5.56 Å². The number of carbonyl (C=O) groups excluding carboxylic acids is 1. The maximum Gasteiger partial charge on any atom is 0.264 e. The molecule has 9 nitrogen and oxygen atoms in total. The Labute approximate surface area is 185 Å². The zero-order chi connectivity index (χ0) is 23.5. The molecule has 32 heavy (non-hydrogen) atoms. The molecule has 1 aromatic heterocycles. The molecule has 3 aromatic rings. The average molecular weight is 471 g/mol. The van der Waals surface area contributed by atoms with Gasteiger partial charge in [-0.25, -0.2) is 21.8 Å². The van der Waals surface area contributed by atoms with Crippen LogP contribution >= 0.6 is 0 Å². The molecule has 11 heteroatoms. The first-order valence-electron chi connectivity index (χ1n) is 9.09. The van der Waals surface area contributed by atoms with Crippen LogP contribution in [0.5, 0.6) is 0 Å². The second-order valence-electron chi connectivity index (χ2n) is 6.76. The SMILES string of the molecule is CN(c1ccc(S(C)(=O)=O)cc1)S(=O)(=O)c1cccc(C(=O)Nc2ccc(C#N)cn2)c1. The summed E-state index contributed by atoms with van der Waals surface area (Å²) in [4.78, 5) is 16.4. The Morgan fingerprint density at radius 2 is 1.69 bits per heavy atom. The van der Waals surface area contributed by atoms with Crippen LogP contribution in [0.4, 0.5) is 11.5 Å². The number of aromatic nitrogens is 1. The molecule has 2 aromatic carbocycles. The summed E-state index contributed by atoms with van der Waals surface area (Å²) in [7, 11) is -6.11. The standard InChI is InChI=1S/C21H18N4O5S2/c1-25(17-7-9-18(10-8-17)31(2,27)28)32(29,30)19-5-3-4-16(12-19)21(26)24-20-11-6-15(13-22)14-23-20/h3-12,14H,1-2H3,(H,23,24,26). The molecular formula is C21H18N4O5S2. The van der Waals surface area contributed by atoms with Crippen LogP contribution in [0.1, 0.15) is 15.9 Å². The van der Waals surface area contributed by atoms with Gasteiger partial charge >= 0.3 is 0 Å². The molecule has 0 fully saturated rings. The normalized spacial score (nSPS) is 11.4. The lowest BCUT2D eigenvalue weighted by Gasteiger charge is -2.20. The van der Waals surface area contributed by atoms with Gasteiger partial charge in [0.05, 0.1) is 21.0 Å². The number of nitrogens with one attached hydrogen (secondary N) is 1. The fourth-order valence-corrected chi connectivity index (χ4v) is 4.59. The van der Waals surface area contributed by atoms with E-state index in [2.05, 4.69) is 10.3 Å². The van der Waals surface area contributed by atoms with Crippen LogP contribution < -0.4 is 9.62 Å². The summed E-state index contributed by atoms with van der Waals surface area (Å²) in [6, 6.07) is 15.8. The lowest BCUT2D eigenvalue weighted by Crippen LogP contribution is -2.27. The third kappa shape index (κ3) is 4.93. The number of amides is 1. The highest BCUT2D eigenvalue weighted by molar-refractivity contribution is 7.92. The smallest absolute Gasteiger partial charge is 0.264 e. The van der Waals surface area contributed by atoms with Gasteiger partial charge in [-0.05, 0) is 54.6 Å². The minimum absolute atomic E-state index is 0.0714. The summed E-state index contributed by atoms with van der Waals surface area (Å²) in [6.07, 6.45) is 2.37. The minimum Gasteiger partial charge on any atom is -0.307 e. The first-order valence-corrected chi connectivity index (χ1v) is 12.4. The van der Waals surface area contributed by atoms with Crippen LogP contribution in [0.25, 0.3) is 0 Å². The monoisotopic (exact) mass is 470 g/mol. The zero-order valence-electron chi connectivity index (χ0n) is 17.1. The van der Waals surface area contributed by atoms with Gasteiger partial charge < -0.3 is 5.32 Å². The number of carbonyl (C=O) groups is 1. The molecule has 0 spiro atoms. The molecule has 1 N–H and O–H groups in total. The Balaban J connectivity index is 1.85. The number of hydrogen-bond donors (Lipinski definition) is 1. The highest BCUT2D eigenvalue weighted by Crippen LogP contribution is 2.24. The summed E-state index contributed by atoms with van der Waals surface area (Å²) >= 11 is 0. The predicted octanol–water partition coefficient (Wildman–Crippen LogP) is 2.43. The lowest BCUT2D eigenvalue weighted by molar-refractivity contribution is 0.102. The van der Waals surface area contributed by atoms with Crippen LogP contribution in [0, 0.1) is 11.3 Å². The number of pyridine rings is 1. The quantitative estimate of drug-likeness (QED) is 0.584. The van der Waals surface area contributed by atoms with Crippen molar-refractivity contribution in [3.05, 3.63) is 78.0 Å². The molecule has 0 unspecified atom stereocenters.